The monoisotopic (exact) mass is 315 g/mol. The summed E-state index contributed by atoms with van der Waals surface area (Å²) in [6.45, 7) is 5.10. The van der Waals surface area contributed by atoms with E-state index in [1.165, 1.54) is 21.2 Å². The number of hydrogen-bond donors (Lipinski definition) is 1. The lowest BCUT2D eigenvalue weighted by Crippen LogP contribution is -2.22. The van der Waals surface area contributed by atoms with E-state index in [0.29, 0.717) is 0 Å². The zero-order valence-corrected chi connectivity index (χ0v) is 13.8. The highest BCUT2D eigenvalue weighted by Crippen LogP contribution is 2.35. The molecule has 1 aromatic heterocycles. The fourth-order valence-corrected chi connectivity index (χ4v) is 3.99. The molecule has 1 nitrogen and oxygen atoms in total. The fourth-order valence-electron chi connectivity index (χ4n) is 2.70. The van der Waals surface area contributed by atoms with Crippen molar-refractivity contribution in [2.24, 2.45) is 0 Å². The number of rotatable bonds is 4. The average molecular weight is 316 g/mol. The Morgan fingerprint density at radius 1 is 1.14 bits per heavy atom. The van der Waals surface area contributed by atoms with Crippen molar-refractivity contribution >= 4 is 33.0 Å². The minimum atomic E-state index is 0.130. The van der Waals surface area contributed by atoms with Crippen LogP contribution in [0.2, 0.25) is 5.02 Å². The van der Waals surface area contributed by atoms with E-state index in [1.54, 1.807) is 11.3 Å². The maximum Gasteiger partial charge on any atom is 0.0605 e. The molecule has 0 radical (unpaired) electrons. The first-order valence-corrected chi connectivity index (χ1v) is 8.42. The predicted octanol–water partition coefficient (Wildman–Crippen LogP) is 5.56. The van der Waals surface area contributed by atoms with E-state index >= 15 is 0 Å². The van der Waals surface area contributed by atoms with Crippen LogP contribution in [0.15, 0.2) is 47.8 Å². The summed E-state index contributed by atoms with van der Waals surface area (Å²) in [5.74, 6) is 0. The van der Waals surface area contributed by atoms with Crippen LogP contribution in [-0.4, -0.2) is 6.54 Å². The van der Waals surface area contributed by atoms with Crippen LogP contribution in [-0.2, 0) is 0 Å². The molecule has 1 atom stereocenters. The van der Waals surface area contributed by atoms with Crippen molar-refractivity contribution in [2.75, 3.05) is 6.54 Å². The Morgan fingerprint density at radius 2 is 2.00 bits per heavy atom. The van der Waals surface area contributed by atoms with E-state index in [2.05, 4.69) is 60.9 Å². The third-order valence-corrected chi connectivity index (χ3v) is 5.00. The molecule has 1 unspecified atom stereocenters. The number of aryl methyl sites for hydroxylation is 1. The SMILES string of the molecule is CCNC(c1ccc(C)cc1Cl)c1cccc2ccsc12. The van der Waals surface area contributed by atoms with Crippen molar-refractivity contribution in [1.82, 2.24) is 5.32 Å². The molecule has 1 N–H and O–H groups in total. The summed E-state index contributed by atoms with van der Waals surface area (Å²) < 4.78 is 1.33. The van der Waals surface area contributed by atoms with E-state index in [1.807, 2.05) is 6.07 Å². The van der Waals surface area contributed by atoms with Crippen LogP contribution in [0.5, 0.6) is 0 Å². The fraction of sp³-hybridized carbons (Fsp3) is 0.222. The molecule has 0 amide bonds. The van der Waals surface area contributed by atoms with E-state index < -0.39 is 0 Å². The van der Waals surface area contributed by atoms with Gasteiger partial charge in [-0.2, -0.15) is 0 Å². The summed E-state index contributed by atoms with van der Waals surface area (Å²) >= 11 is 8.29. The van der Waals surface area contributed by atoms with Gasteiger partial charge in [0.2, 0.25) is 0 Å². The Bertz CT molecular complexity index is 763. The summed E-state index contributed by atoms with van der Waals surface area (Å²) in [4.78, 5) is 0. The van der Waals surface area contributed by atoms with Gasteiger partial charge in [0.25, 0.3) is 0 Å². The topological polar surface area (TPSA) is 12.0 Å². The smallest absolute Gasteiger partial charge is 0.0605 e. The van der Waals surface area contributed by atoms with Gasteiger partial charge in [-0.15, -0.1) is 11.3 Å². The maximum atomic E-state index is 6.50. The van der Waals surface area contributed by atoms with Crippen molar-refractivity contribution in [3.8, 4) is 0 Å². The summed E-state index contributed by atoms with van der Waals surface area (Å²) in [7, 11) is 0. The van der Waals surface area contributed by atoms with Gasteiger partial charge in [0.1, 0.15) is 0 Å². The summed E-state index contributed by atoms with van der Waals surface area (Å²) in [6.07, 6.45) is 0. The second kappa shape index (κ2) is 6.18. The lowest BCUT2D eigenvalue weighted by atomic mass is 9.96. The second-order valence-electron chi connectivity index (χ2n) is 5.20. The molecule has 1 heterocycles. The summed E-state index contributed by atoms with van der Waals surface area (Å²) in [5, 5.41) is 7.85. The van der Waals surface area contributed by atoms with Crippen LogP contribution in [0.25, 0.3) is 10.1 Å². The van der Waals surface area contributed by atoms with Crippen LogP contribution in [0.4, 0.5) is 0 Å². The van der Waals surface area contributed by atoms with Gasteiger partial charge in [-0.1, -0.05) is 48.9 Å². The largest absolute Gasteiger partial charge is 0.306 e. The van der Waals surface area contributed by atoms with Gasteiger partial charge in [-0.05, 0) is 53.1 Å². The molecule has 3 aromatic rings. The normalized spacial score (nSPS) is 12.7. The highest BCUT2D eigenvalue weighted by molar-refractivity contribution is 7.17. The first-order chi connectivity index (χ1) is 10.2. The first-order valence-electron chi connectivity index (χ1n) is 7.16. The Labute approximate surface area is 134 Å². The van der Waals surface area contributed by atoms with Crippen LogP contribution < -0.4 is 5.32 Å². The molecule has 0 saturated carbocycles. The van der Waals surface area contributed by atoms with E-state index in [9.17, 15) is 0 Å². The number of fused-ring (bicyclic) bond motifs is 1. The Balaban J connectivity index is 2.15. The third kappa shape index (κ3) is 2.84. The lowest BCUT2D eigenvalue weighted by molar-refractivity contribution is 0.635. The number of thiophene rings is 1. The van der Waals surface area contributed by atoms with Gasteiger partial charge < -0.3 is 5.32 Å². The average Bonchev–Trinajstić information content (AvgIpc) is 2.94. The van der Waals surface area contributed by atoms with E-state index in [-0.39, 0.29) is 6.04 Å². The molecule has 108 valence electrons. The van der Waals surface area contributed by atoms with Gasteiger partial charge >= 0.3 is 0 Å². The summed E-state index contributed by atoms with van der Waals surface area (Å²) in [5.41, 5.74) is 3.63. The molecular formula is C18H18ClNS. The van der Waals surface area contributed by atoms with Crippen LogP contribution in [0.1, 0.15) is 29.7 Å². The number of nitrogens with one attached hydrogen (secondary N) is 1. The van der Waals surface area contributed by atoms with Crippen molar-refractivity contribution in [3.05, 3.63) is 69.6 Å². The first kappa shape index (κ1) is 14.6. The van der Waals surface area contributed by atoms with Crippen LogP contribution in [0.3, 0.4) is 0 Å². The standard InChI is InChI=1S/C18H18ClNS/c1-3-20-17(14-8-7-12(2)11-16(14)19)15-6-4-5-13-9-10-21-18(13)15/h4-11,17,20H,3H2,1-2H3. The Kier molecular flexibility index (Phi) is 4.29. The molecule has 0 spiro atoms. The maximum absolute atomic E-state index is 6.50. The van der Waals surface area contributed by atoms with Crippen LogP contribution in [0, 0.1) is 6.92 Å². The predicted molar refractivity (Wildman–Crippen MR) is 93.5 cm³/mol. The number of hydrogen-bond acceptors (Lipinski definition) is 2. The van der Waals surface area contributed by atoms with Crippen molar-refractivity contribution in [1.29, 1.82) is 0 Å². The van der Waals surface area contributed by atoms with Gasteiger partial charge in [0.15, 0.2) is 0 Å². The quantitative estimate of drug-likeness (QED) is 0.664. The lowest BCUT2D eigenvalue weighted by Gasteiger charge is -2.21. The van der Waals surface area contributed by atoms with Gasteiger partial charge in [0, 0.05) is 9.72 Å². The van der Waals surface area contributed by atoms with Crippen molar-refractivity contribution < 1.29 is 0 Å². The van der Waals surface area contributed by atoms with E-state index in [4.69, 9.17) is 11.6 Å². The van der Waals surface area contributed by atoms with Gasteiger partial charge in [0.05, 0.1) is 6.04 Å². The molecule has 0 fully saturated rings. The third-order valence-electron chi connectivity index (χ3n) is 3.70. The van der Waals surface area contributed by atoms with E-state index in [0.717, 1.165) is 17.1 Å². The molecular weight excluding hydrogens is 298 g/mol. The van der Waals surface area contributed by atoms with Gasteiger partial charge in [-0.25, -0.2) is 0 Å². The Morgan fingerprint density at radius 3 is 2.76 bits per heavy atom. The zero-order chi connectivity index (χ0) is 14.8. The minimum Gasteiger partial charge on any atom is -0.306 e. The molecule has 3 rings (SSSR count). The molecule has 0 aliphatic heterocycles. The molecule has 0 aliphatic rings. The summed E-state index contributed by atoms with van der Waals surface area (Å²) in [6, 6.07) is 15.1. The highest BCUT2D eigenvalue weighted by atomic mass is 35.5. The number of halogens is 1. The second-order valence-corrected chi connectivity index (χ2v) is 6.53. The molecule has 2 aromatic carbocycles. The molecule has 21 heavy (non-hydrogen) atoms. The molecule has 0 saturated heterocycles. The molecule has 3 heteroatoms. The molecule has 0 bridgehead atoms. The Hall–Kier alpha value is -1.35. The minimum absolute atomic E-state index is 0.130. The highest BCUT2D eigenvalue weighted by Gasteiger charge is 2.18. The zero-order valence-electron chi connectivity index (χ0n) is 12.2. The van der Waals surface area contributed by atoms with Crippen molar-refractivity contribution in [3.63, 3.8) is 0 Å². The van der Waals surface area contributed by atoms with Crippen molar-refractivity contribution in [2.45, 2.75) is 19.9 Å². The van der Waals surface area contributed by atoms with Gasteiger partial charge in [-0.3, -0.25) is 0 Å². The number of benzene rings is 2. The molecule has 0 aliphatic carbocycles. The van der Waals surface area contributed by atoms with Crippen LogP contribution >= 0.6 is 22.9 Å².